The van der Waals surface area contributed by atoms with Crippen LogP contribution in [0.25, 0.3) is 11.1 Å². The number of carbonyl (C=O) groups is 1. The molecule has 0 saturated carbocycles. The number of benzene rings is 2. The Morgan fingerprint density at radius 3 is 2.07 bits per heavy atom. The van der Waals surface area contributed by atoms with Crippen LogP contribution >= 0.6 is 0 Å². The predicted octanol–water partition coefficient (Wildman–Crippen LogP) is 5.25. The van der Waals surface area contributed by atoms with E-state index in [0.29, 0.717) is 23.1 Å². The van der Waals surface area contributed by atoms with Crippen LogP contribution in [0.15, 0.2) is 36.4 Å². The van der Waals surface area contributed by atoms with E-state index in [4.69, 9.17) is 4.74 Å². The largest absolute Gasteiger partial charge is 0.508 e. The smallest absolute Gasteiger partial charge is 0.337 e. The number of hydrogen-bond acceptors (Lipinski definition) is 3. The van der Waals surface area contributed by atoms with Gasteiger partial charge in [-0.15, -0.1) is 0 Å². The Balaban J connectivity index is 1.95. The van der Waals surface area contributed by atoms with Crippen LogP contribution in [0, 0.1) is 11.8 Å². The van der Waals surface area contributed by atoms with Gasteiger partial charge in [-0.05, 0) is 95.2 Å². The quantitative estimate of drug-likeness (QED) is 0.758. The molecule has 2 aliphatic rings. The highest BCUT2D eigenvalue weighted by Crippen LogP contribution is 2.51. The highest BCUT2D eigenvalue weighted by molar-refractivity contribution is 5.99. The van der Waals surface area contributed by atoms with E-state index in [9.17, 15) is 9.90 Å². The molecule has 0 radical (unpaired) electrons. The molecule has 1 N–H and O–H groups in total. The van der Waals surface area contributed by atoms with E-state index >= 15 is 0 Å². The first kappa shape index (κ1) is 17.8. The summed E-state index contributed by atoms with van der Waals surface area (Å²) in [5.41, 5.74) is 8.61. The Labute approximate surface area is 160 Å². The van der Waals surface area contributed by atoms with Crippen molar-refractivity contribution in [3.63, 3.8) is 0 Å². The lowest BCUT2D eigenvalue weighted by Gasteiger charge is -2.38. The molecule has 3 heteroatoms. The number of methoxy groups -OCH3 is 1. The fourth-order valence-electron chi connectivity index (χ4n) is 4.88. The summed E-state index contributed by atoms with van der Waals surface area (Å²) in [5.74, 6) is 0.936. The number of fused-ring (bicyclic) bond motifs is 4. The summed E-state index contributed by atoms with van der Waals surface area (Å²) in [6.07, 6.45) is 4.00. The van der Waals surface area contributed by atoms with Gasteiger partial charge in [-0.25, -0.2) is 4.79 Å². The number of esters is 1. The first-order chi connectivity index (χ1) is 13.1. The summed E-state index contributed by atoms with van der Waals surface area (Å²) < 4.78 is 4.91. The molecule has 27 heavy (non-hydrogen) atoms. The van der Waals surface area contributed by atoms with Crippen LogP contribution in [0.4, 0.5) is 0 Å². The van der Waals surface area contributed by atoms with Crippen molar-refractivity contribution in [2.45, 2.75) is 39.5 Å². The predicted molar refractivity (Wildman–Crippen MR) is 108 cm³/mol. The summed E-state index contributed by atoms with van der Waals surface area (Å²) in [6, 6.07) is 11.8. The third kappa shape index (κ3) is 2.86. The van der Waals surface area contributed by atoms with E-state index in [1.54, 1.807) is 6.07 Å². The lowest BCUT2D eigenvalue weighted by molar-refractivity contribution is 0.0600. The van der Waals surface area contributed by atoms with Gasteiger partial charge in [-0.1, -0.05) is 26.0 Å². The van der Waals surface area contributed by atoms with Crippen molar-refractivity contribution >= 4 is 17.1 Å². The zero-order valence-electron chi connectivity index (χ0n) is 16.2. The third-order valence-corrected chi connectivity index (χ3v) is 6.22. The molecule has 2 aliphatic carbocycles. The average molecular weight is 362 g/mol. The zero-order chi connectivity index (χ0) is 19.1. The number of hydrogen-bond donors (Lipinski definition) is 1. The molecule has 4 rings (SSSR count). The second kappa shape index (κ2) is 6.88. The number of phenols is 1. The van der Waals surface area contributed by atoms with Crippen molar-refractivity contribution in [1.29, 1.82) is 0 Å². The fraction of sp³-hybridized carbons (Fsp3) is 0.375. The average Bonchev–Trinajstić information content (AvgIpc) is 2.70. The van der Waals surface area contributed by atoms with Crippen molar-refractivity contribution in [3.8, 4) is 5.75 Å². The first-order valence-corrected chi connectivity index (χ1v) is 9.85. The summed E-state index contributed by atoms with van der Waals surface area (Å²) >= 11 is 0. The molecule has 0 bridgehead atoms. The fourth-order valence-corrected chi connectivity index (χ4v) is 4.88. The molecular formula is C24H26O3. The van der Waals surface area contributed by atoms with E-state index < -0.39 is 0 Å². The molecule has 0 amide bonds. The second-order valence-corrected chi connectivity index (χ2v) is 7.65. The standard InChI is InChI=1S/C24H26O3/c1-4-14-10-17-12-16(24(26)27-3)6-8-20(17)22-15(5-2)11-18-13-19(25)7-9-21(18)23(14)22/h6-9,12-15,25H,4-5,10-11H2,1-3H3/t14-,15+/m0/s1. The maximum Gasteiger partial charge on any atom is 0.337 e. The van der Waals surface area contributed by atoms with Crippen LogP contribution in [0.2, 0.25) is 0 Å². The van der Waals surface area contributed by atoms with Gasteiger partial charge in [0, 0.05) is 0 Å². The Kier molecular flexibility index (Phi) is 4.55. The van der Waals surface area contributed by atoms with Gasteiger partial charge in [0.2, 0.25) is 0 Å². The van der Waals surface area contributed by atoms with Crippen LogP contribution in [0.5, 0.6) is 5.75 Å². The Morgan fingerprint density at radius 2 is 1.52 bits per heavy atom. The molecule has 3 nitrogen and oxygen atoms in total. The molecule has 0 spiro atoms. The lowest BCUT2D eigenvalue weighted by atomic mass is 9.65. The minimum Gasteiger partial charge on any atom is -0.508 e. The molecule has 0 fully saturated rings. The third-order valence-electron chi connectivity index (χ3n) is 6.22. The van der Waals surface area contributed by atoms with Crippen molar-refractivity contribution < 1.29 is 14.6 Å². The van der Waals surface area contributed by atoms with E-state index in [2.05, 4.69) is 26.0 Å². The number of ether oxygens (including phenoxy) is 1. The molecule has 0 unspecified atom stereocenters. The molecular weight excluding hydrogens is 336 g/mol. The Hall–Kier alpha value is -2.55. The SMILES string of the molecule is CC[C@@H]1Cc2cc(O)ccc2C2=C1c1ccc(C(=O)OC)cc1C[C@@H]2CC. The van der Waals surface area contributed by atoms with Gasteiger partial charge in [-0.2, -0.15) is 0 Å². The van der Waals surface area contributed by atoms with Gasteiger partial charge in [-0.3, -0.25) is 0 Å². The van der Waals surface area contributed by atoms with Crippen molar-refractivity contribution in [1.82, 2.24) is 0 Å². The van der Waals surface area contributed by atoms with Gasteiger partial charge in [0.1, 0.15) is 5.75 Å². The monoisotopic (exact) mass is 362 g/mol. The van der Waals surface area contributed by atoms with Crippen molar-refractivity contribution in [2.24, 2.45) is 11.8 Å². The molecule has 140 valence electrons. The highest BCUT2D eigenvalue weighted by atomic mass is 16.5. The summed E-state index contributed by atoms with van der Waals surface area (Å²) in [4.78, 5) is 12.0. The van der Waals surface area contributed by atoms with Crippen molar-refractivity contribution in [2.75, 3.05) is 7.11 Å². The van der Waals surface area contributed by atoms with Crippen LogP contribution in [0.3, 0.4) is 0 Å². The first-order valence-electron chi connectivity index (χ1n) is 9.85. The summed E-state index contributed by atoms with van der Waals surface area (Å²) in [6.45, 7) is 4.47. The van der Waals surface area contributed by atoms with Gasteiger partial charge in [0.15, 0.2) is 0 Å². The van der Waals surface area contributed by atoms with Crippen LogP contribution < -0.4 is 0 Å². The second-order valence-electron chi connectivity index (χ2n) is 7.65. The Bertz CT molecular complexity index is 939. The molecule has 0 aliphatic heterocycles. The zero-order valence-corrected chi connectivity index (χ0v) is 16.2. The summed E-state index contributed by atoms with van der Waals surface area (Å²) in [5, 5.41) is 9.97. The maximum atomic E-state index is 12.0. The number of rotatable bonds is 3. The van der Waals surface area contributed by atoms with Gasteiger partial charge >= 0.3 is 5.97 Å². The van der Waals surface area contributed by atoms with Gasteiger partial charge in [0.05, 0.1) is 12.7 Å². The number of phenolic OH excluding ortho intramolecular Hbond substituents is 1. The van der Waals surface area contributed by atoms with E-state index in [0.717, 1.165) is 25.7 Å². The van der Waals surface area contributed by atoms with E-state index in [1.807, 2.05) is 18.2 Å². The van der Waals surface area contributed by atoms with Gasteiger partial charge in [0.25, 0.3) is 0 Å². The van der Waals surface area contributed by atoms with Crippen molar-refractivity contribution in [3.05, 3.63) is 64.2 Å². The molecule has 0 heterocycles. The minimum absolute atomic E-state index is 0.276. The topological polar surface area (TPSA) is 46.5 Å². The molecule has 2 atom stereocenters. The summed E-state index contributed by atoms with van der Waals surface area (Å²) in [7, 11) is 1.43. The lowest BCUT2D eigenvalue weighted by Crippen LogP contribution is -2.25. The molecule has 0 saturated heterocycles. The minimum atomic E-state index is -0.276. The van der Waals surface area contributed by atoms with Crippen LogP contribution in [-0.4, -0.2) is 18.2 Å². The maximum absolute atomic E-state index is 12.0. The Morgan fingerprint density at radius 1 is 0.963 bits per heavy atom. The van der Waals surface area contributed by atoms with E-state index in [1.165, 1.54) is 40.5 Å². The van der Waals surface area contributed by atoms with E-state index in [-0.39, 0.29) is 5.97 Å². The molecule has 2 aromatic rings. The molecule has 0 aromatic heterocycles. The normalized spacial score (nSPS) is 20.6. The van der Waals surface area contributed by atoms with Gasteiger partial charge < -0.3 is 9.84 Å². The van der Waals surface area contributed by atoms with Crippen LogP contribution in [0.1, 0.15) is 59.3 Å². The molecule has 2 aromatic carbocycles. The number of carbonyl (C=O) groups excluding carboxylic acids is 1. The number of allylic oxidation sites excluding steroid dienone is 2. The number of aromatic hydroxyl groups is 1. The highest BCUT2D eigenvalue weighted by Gasteiger charge is 2.35. The van der Waals surface area contributed by atoms with Crippen LogP contribution in [-0.2, 0) is 17.6 Å².